The normalized spacial score (nSPS) is 11.2. The Labute approximate surface area is 105 Å². The maximum atomic E-state index is 13.5. The quantitative estimate of drug-likeness (QED) is 0.880. The van der Waals surface area contributed by atoms with Crippen molar-refractivity contribution in [1.82, 2.24) is 4.90 Å². The van der Waals surface area contributed by atoms with Crippen molar-refractivity contribution in [2.45, 2.75) is 26.4 Å². The number of carbonyl (C=O) groups excluding carboxylic acids is 1. The highest BCUT2D eigenvalue weighted by atomic mass is 35.5. The molecule has 1 aromatic rings. The lowest BCUT2D eigenvalue weighted by molar-refractivity contribution is -0.119. The van der Waals surface area contributed by atoms with Crippen LogP contribution in [0.15, 0.2) is 18.2 Å². The van der Waals surface area contributed by atoms with E-state index in [0.29, 0.717) is 17.1 Å². The lowest BCUT2D eigenvalue weighted by Gasteiger charge is -2.25. The number of primary amides is 1. The van der Waals surface area contributed by atoms with E-state index in [4.69, 9.17) is 17.3 Å². The summed E-state index contributed by atoms with van der Waals surface area (Å²) >= 11 is 5.81. The average molecular weight is 259 g/mol. The van der Waals surface area contributed by atoms with Crippen LogP contribution in [0.1, 0.15) is 19.4 Å². The first-order chi connectivity index (χ1) is 7.90. The van der Waals surface area contributed by atoms with Crippen LogP contribution in [0.5, 0.6) is 0 Å². The third kappa shape index (κ3) is 4.32. The molecule has 0 saturated heterocycles. The minimum absolute atomic E-state index is 0.0980. The lowest BCUT2D eigenvalue weighted by Crippen LogP contribution is -2.38. The highest BCUT2D eigenvalue weighted by molar-refractivity contribution is 6.30. The number of carbonyl (C=O) groups is 1. The van der Waals surface area contributed by atoms with Crippen LogP contribution >= 0.6 is 11.6 Å². The minimum atomic E-state index is -0.430. The molecule has 0 aromatic heterocycles. The van der Waals surface area contributed by atoms with Crippen molar-refractivity contribution < 1.29 is 9.18 Å². The Kier molecular flexibility index (Phi) is 4.90. The summed E-state index contributed by atoms with van der Waals surface area (Å²) in [5.74, 6) is -0.759. The summed E-state index contributed by atoms with van der Waals surface area (Å²) < 4.78 is 13.5. The first kappa shape index (κ1) is 13.9. The largest absolute Gasteiger partial charge is 0.369 e. The van der Waals surface area contributed by atoms with Gasteiger partial charge in [-0.3, -0.25) is 9.69 Å². The number of amides is 1. The Morgan fingerprint density at radius 1 is 1.53 bits per heavy atom. The van der Waals surface area contributed by atoms with Crippen molar-refractivity contribution >= 4 is 17.5 Å². The second-order valence-electron chi connectivity index (χ2n) is 4.20. The van der Waals surface area contributed by atoms with Gasteiger partial charge >= 0.3 is 0 Å². The van der Waals surface area contributed by atoms with Crippen LogP contribution in [-0.4, -0.2) is 23.4 Å². The Bertz CT molecular complexity index is 409. The van der Waals surface area contributed by atoms with Crippen LogP contribution in [0.3, 0.4) is 0 Å². The van der Waals surface area contributed by atoms with E-state index in [9.17, 15) is 9.18 Å². The first-order valence-corrected chi connectivity index (χ1v) is 5.74. The number of benzene rings is 1. The topological polar surface area (TPSA) is 46.3 Å². The summed E-state index contributed by atoms with van der Waals surface area (Å²) in [5, 5.41) is 0.476. The maximum Gasteiger partial charge on any atom is 0.231 e. The van der Waals surface area contributed by atoms with Gasteiger partial charge in [0.2, 0.25) is 5.91 Å². The van der Waals surface area contributed by atoms with E-state index < -0.39 is 5.91 Å². The van der Waals surface area contributed by atoms with E-state index >= 15 is 0 Å². The van der Waals surface area contributed by atoms with Crippen molar-refractivity contribution in [2.75, 3.05) is 6.54 Å². The molecule has 0 radical (unpaired) electrons. The second kappa shape index (κ2) is 5.98. The van der Waals surface area contributed by atoms with Gasteiger partial charge in [0, 0.05) is 23.2 Å². The lowest BCUT2D eigenvalue weighted by atomic mass is 10.1. The standard InChI is InChI=1S/C12H16ClFN2O/c1-8(2)16(7-12(15)17)6-9-5-10(13)3-4-11(9)14/h3-5,8H,6-7H2,1-2H3,(H2,15,17). The predicted molar refractivity (Wildman–Crippen MR) is 66.2 cm³/mol. The Morgan fingerprint density at radius 2 is 2.18 bits per heavy atom. The molecule has 1 aromatic carbocycles. The Hall–Kier alpha value is -1.13. The number of rotatable bonds is 5. The van der Waals surface area contributed by atoms with Gasteiger partial charge in [-0.05, 0) is 32.0 Å². The molecule has 0 fully saturated rings. The van der Waals surface area contributed by atoms with Crippen LogP contribution < -0.4 is 5.73 Å². The third-order valence-electron chi connectivity index (χ3n) is 2.47. The predicted octanol–water partition coefficient (Wildman–Crippen LogP) is 2.17. The molecule has 0 aliphatic heterocycles. The second-order valence-corrected chi connectivity index (χ2v) is 4.64. The molecule has 17 heavy (non-hydrogen) atoms. The molecule has 3 nitrogen and oxygen atoms in total. The van der Waals surface area contributed by atoms with Crippen molar-refractivity contribution in [3.63, 3.8) is 0 Å². The molecular weight excluding hydrogens is 243 g/mol. The van der Waals surface area contributed by atoms with Gasteiger partial charge in [0.25, 0.3) is 0 Å². The molecule has 5 heteroatoms. The molecule has 0 saturated carbocycles. The highest BCUT2D eigenvalue weighted by Crippen LogP contribution is 2.17. The Balaban J connectivity index is 2.85. The molecule has 2 N–H and O–H groups in total. The monoisotopic (exact) mass is 258 g/mol. The fourth-order valence-corrected chi connectivity index (χ4v) is 1.70. The molecule has 1 rings (SSSR count). The van der Waals surface area contributed by atoms with Gasteiger partial charge in [0.1, 0.15) is 5.82 Å². The van der Waals surface area contributed by atoms with Gasteiger partial charge in [-0.25, -0.2) is 4.39 Å². The fourth-order valence-electron chi connectivity index (χ4n) is 1.50. The molecule has 0 unspecified atom stereocenters. The molecule has 0 spiro atoms. The minimum Gasteiger partial charge on any atom is -0.369 e. The SMILES string of the molecule is CC(C)N(CC(N)=O)Cc1cc(Cl)ccc1F. The molecular formula is C12H16ClFN2O. The van der Waals surface area contributed by atoms with Crippen molar-refractivity contribution in [3.05, 3.63) is 34.6 Å². The zero-order valence-corrected chi connectivity index (χ0v) is 10.7. The van der Waals surface area contributed by atoms with Crippen molar-refractivity contribution in [1.29, 1.82) is 0 Å². The first-order valence-electron chi connectivity index (χ1n) is 5.36. The summed E-state index contributed by atoms with van der Waals surface area (Å²) in [6, 6.07) is 4.47. The average Bonchev–Trinajstić information content (AvgIpc) is 2.21. The summed E-state index contributed by atoms with van der Waals surface area (Å²) in [5.41, 5.74) is 5.62. The van der Waals surface area contributed by atoms with E-state index in [0.717, 1.165) is 0 Å². The molecule has 0 bridgehead atoms. The third-order valence-corrected chi connectivity index (χ3v) is 2.71. The summed E-state index contributed by atoms with van der Waals surface area (Å²) in [6.45, 7) is 4.26. The molecule has 0 aliphatic rings. The molecule has 0 heterocycles. The number of hydrogen-bond acceptors (Lipinski definition) is 2. The smallest absolute Gasteiger partial charge is 0.231 e. The number of nitrogens with zero attached hydrogens (tertiary/aromatic N) is 1. The summed E-state index contributed by atoms with van der Waals surface area (Å²) in [4.78, 5) is 12.7. The van der Waals surface area contributed by atoms with E-state index in [-0.39, 0.29) is 18.4 Å². The Morgan fingerprint density at radius 3 is 2.71 bits per heavy atom. The van der Waals surface area contributed by atoms with Gasteiger partial charge in [-0.15, -0.1) is 0 Å². The number of hydrogen-bond donors (Lipinski definition) is 1. The molecule has 0 atom stereocenters. The van der Waals surface area contributed by atoms with E-state index in [2.05, 4.69) is 0 Å². The van der Waals surface area contributed by atoms with Crippen LogP contribution in [0.25, 0.3) is 0 Å². The van der Waals surface area contributed by atoms with Gasteiger partial charge in [-0.2, -0.15) is 0 Å². The molecule has 1 amide bonds. The van der Waals surface area contributed by atoms with Gasteiger partial charge in [0.05, 0.1) is 6.54 Å². The van der Waals surface area contributed by atoms with E-state index in [1.807, 2.05) is 13.8 Å². The highest BCUT2D eigenvalue weighted by Gasteiger charge is 2.15. The van der Waals surface area contributed by atoms with Crippen molar-refractivity contribution in [2.24, 2.45) is 5.73 Å². The molecule has 0 aliphatic carbocycles. The zero-order chi connectivity index (χ0) is 13.0. The van der Waals surface area contributed by atoms with Gasteiger partial charge in [0.15, 0.2) is 0 Å². The van der Waals surface area contributed by atoms with Gasteiger partial charge < -0.3 is 5.73 Å². The number of nitrogens with two attached hydrogens (primary N) is 1. The van der Waals surface area contributed by atoms with Gasteiger partial charge in [-0.1, -0.05) is 11.6 Å². The van der Waals surface area contributed by atoms with E-state index in [1.54, 1.807) is 11.0 Å². The fraction of sp³-hybridized carbons (Fsp3) is 0.417. The number of halogens is 2. The maximum absolute atomic E-state index is 13.5. The summed E-state index contributed by atoms with van der Waals surface area (Å²) in [7, 11) is 0. The van der Waals surface area contributed by atoms with Crippen LogP contribution in [0.2, 0.25) is 5.02 Å². The van der Waals surface area contributed by atoms with E-state index in [1.165, 1.54) is 12.1 Å². The van der Waals surface area contributed by atoms with Crippen molar-refractivity contribution in [3.8, 4) is 0 Å². The summed E-state index contributed by atoms with van der Waals surface area (Å²) in [6.07, 6.45) is 0. The van der Waals surface area contributed by atoms with Crippen LogP contribution in [0, 0.1) is 5.82 Å². The zero-order valence-electron chi connectivity index (χ0n) is 9.91. The van der Waals surface area contributed by atoms with Crippen LogP contribution in [0.4, 0.5) is 4.39 Å². The molecule has 94 valence electrons. The van der Waals surface area contributed by atoms with Crippen LogP contribution in [-0.2, 0) is 11.3 Å².